The minimum Gasteiger partial charge on any atom is -0.383 e. The Balaban J connectivity index is 2.37. The molecular formula is C15H19ClN2O2. The molecule has 1 aromatic carbocycles. The Kier molecular flexibility index (Phi) is 4.81. The van der Waals surface area contributed by atoms with Crippen molar-refractivity contribution >= 4 is 11.6 Å². The molecule has 0 spiro atoms. The fourth-order valence-corrected chi connectivity index (χ4v) is 2.52. The van der Waals surface area contributed by atoms with Gasteiger partial charge in [0.1, 0.15) is 6.10 Å². The van der Waals surface area contributed by atoms with E-state index in [2.05, 4.69) is 5.10 Å². The van der Waals surface area contributed by atoms with Gasteiger partial charge >= 0.3 is 0 Å². The molecule has 0 radical (unpaired) electrons. The number of aromatic nitrogens is 2. The summed E-state index contributed by atoms with van der Waals surface area (Å²) in [6, 6.07) is 5.96. The second-order valence-corrected chi connectivity index (χ2v) is 5.26. The van der Waals surface area contributed by atoms with Gasteiger partial charge in [-0.05, 0) is 25.0 Å². The lowest BCUT2D eigenvalue weighted by molar-refractivity contribution is 0.171. The average molecular weight is 295 g/mol. The summed E-state index contributed by atoms with van der Waals surface area (Å²) in [6.07, 6.45) is 0.765. The van der Waals surface area contributed by atoms with Crippen molar-refractivity contribution in [3.8, 4) is 0 Å². The SMILES string of the molecule is COCCn1ncc(Cl)c1C(O)c1ccc(C)cc1C. The topological polar surface area (TPSA) is 47.3 Å². The molecule has 0 fully saturated rings. The summed E-state index contributed by atoms with van der Waals surface area (Å²) in [7, 11) is 1.63. The van der Waals surface area contributed by atoms with Crippen LogP contribution in [0.3, 0.4) is 0 Å². The van der Waals surface area contributed by atoms with Gasteiger partial charge in [0.2, 0.25) is 0 Å². The summed E-state index contributed by atoms with van der Waals surface area (Å²) < 4.78 is 6.74. The van der Waals surface area contributed by atoms with Crippen LogP contribution >= 0.6 is 11.6 Å². The second kappa shape index (κ2) is 6.39. The number of aliphatic hydroxyl groups excluding tert-OH is 1. The van der Waals surface area contributed by atoms with Gasteiger partial charge in [-0.1, -0.05) is 35.4 Å². The Morgan fingerprint density at radius 3 is 2.80 bits per heavy atom. The molecule has 1 atom stereocenters. The fraction of sp³-hybridized carbons (Fsp3) is 0.400. The summed E-state index contributed by atoms with van der Waals surface area (Å²) in [5.74, 6) is 0. The van der Waals surface area contributed by atoms with Crippen molar-refractivity contribution in [3.05, 3.63) is 51.8 Å². The third kappa shape index (κ3) is 3.03. The van der Waals surface area contributed by atoms with Gasteiger partial charge in [-0.2, -0.15) is 5.10 Å². The van der Waals surface area contributed by atoms with E-state index in [1.165, 1.54) is 0 Å². The average Bonchev–Trinajstić information content (AvgIpc) is 2.77. The summed E-state index contributed by atoms with van der Waals surface area (Å²) >= 11 is 6.17. The molecule has 1 aromatic heterocycles. The van der Waals surface area contributed by atoms with Crippen molar-refractivity contribution in [3.63, 3.8) is 0 Å². The van der Waals surface area contributed by atoms with Gasteiger partial charge in [0.05, 0.1) is 30.1 Å². The van der Waals surface area contributed by atoms with E-state index in [9.17, 15) is 5.11 Å². The van der Waals surface area contributed by atoms with E-state index in [-0.39, 0.29) is 0 Å². The zero-order valence-corrected chi connectivity index (χ0v) is 12.7. The summed E-state index contributed by atoms with van der Waals surface area (Å²) in [5.41, 5.74) is 3.65. The first kappa shape index (κ1) is 15.0. The van der Waals surface area contributed by atoms with E-state index in [4.69, 9.17) is 16.3 Å². The molecule has 0 aliphatic heterocycles. The van der Waals surface area contributed by atoms with Gasteiger partial charge < -0.3 is 9.84 Å². The van der Waals surface area contributed by atoms with Gasteiger partial charge in [-0.25, -0.2) is 0 Å². The largest absolute Gasteiger partial charge is 0.383 e. The maximum atomic E-state index is 10.6. The number of benzene rings is 1. The highest BCUT2D eigenvalue weighted by atomic mass is 35.5. The molecule has 2 aromatic rings. The standard InChI is InChI=1S/C15H19ClN2O2/c1-10-4-5-12(11(2)8-10)15(19)14-13(16)9-17-18(14)6-7-20-3/h4-5,8-9,15,19H,6-7H2,1-3H3. The molecule has 0 aliphatic rings. The number of halogens is 1. The van der Waals surface area contributed by atoms with E-state index in [1.807, 2.05) is 32.0 Å². The lowest BCUT2D eigenvalue weighted by Gasteiger charge is -2.17. The van der Waals surface area contributed by atoms with Gasteiger partial charge in [0.25, 0.3) is 0 Å². The highest BCUT2D eigenvalue weighted by Gasteiger charge is 2.21. The number of aliphatic hydroxyl groups is 1. The molecule has 0 amide bonds. The van der Waals surface area contributed by atoms with Crippen molar-refractivity contribution in [2.45, 2.75) is 26.5 Å². The van der Waals surface area contributed by atoms with Crippen molar-refractivity contribution in [2.75, 3.05) is 13.7 Å². The first-order valence-electron chi connectivity index (χ1n) is 6.50. The monoisotopic (exact) mass is 294 g/mol. The van der Waals surface area contributed by atoms with Crippen LogP contribution in [0.5, 0.6) is 0 Å². The Labute approximate surface area is 123 Å². The zero-order chi connectivity index (χ0) is 14.7. The van der Waals surface area contributed by atoms with E-state index in [1.54, 1.807) is 18.0 Å². The quantitative estimate of drug-likeness (QED) is 0.922. The summed E-state index contributed by atoms with van der Waals surface area (Å²) in [6.45, 7) is 5.08. The predicted molar refractivity (Wildman–Crippen MR) is 79.1 cm³/mol. The van der Waals surface area contributed by atoms with E-state index in [0.29, 0.717) is 23.9 Å². The number of nitrogens with zero attached hydrogens (tertiary/aromatic N) is 2. The number of hydrogen-bond donors (Lipinski definition) is 1. The Morgan fingerprint density at radius 2 is 2.15 bits per heavy atom. The number of aryl methyl sites for hydroxylation is 2. The van der Waals surface area contributed by atoms with Crippen LogP contribution in [0, 0.1) is 13.8 Å². The summed E-state index contributed by atoms with van der Waals surface area (Å²) in [4.78, 5) is 0. The number of ether oxygens (including phenoxy) is 1. The van der Waals surface area contributed by atoms with Gasteiger partial charge in [-0.15, -0.1) is 0 Å². The second-order valence-electron chi connectivity index (χ2n) is 4.86. The first-order valence-corrected chi connectivity index (χ1v) is 6.87. The molecule has 20 heavy (non-hydrogen) atoms. The third-order valence-electron chi connectivity index (χ3n) is 3.32. The van der Waals surface area contributed by atoms with Crippen LogP contribution in [0.4, 0.5) is 0 Å². The minimum absolute atomic E-state index is 0.466. The molecule has 2 rings (SSSR count). The van der Waals surface area contributed by atoms with Crippen molar-refractivity contribution in [1.82, 2.24) is 9.78 Å². The number of hydrogen-bond acceptors (Lipinski definition) is 3. The van der Waals surface area contributed by atoms with E-state index in [0.717, 1.165) is 16.7 Å². The van der Waals surface area contributed by atoms with E-state index < -0.39 is 6.10 Å². The number of rotatable bonds is 5. The molecule has 4 nitrogen and oxygen atoms in total. The molecule has 0 saturated carbocycles. The van der Waals surface area contributed by atoms with Crippen molar-refractivity contribution in [2.24, 2.45) is 0 Å². The Hall–Kier alpha value is -1.36. The molecule has 1 N–H and O–H groups in total. The molecular weight excluding hydrogens is 276 g/mol. The molecule has 1 heterocycles. The van der Waals surface area contributed by atoms with Gasteiger partial charge in [-0.3, -0.25) is 4.68 Å². The lowest BCUT2D eigenvalue weighted by Crippen LogP contribution is -2.14. The van der Waals surface area contributed by atoms with Crippen LogP contribution < -0.4 is 0 Å². The normalized spacial score (nSPS) is 12.7. The minimum atomic E-state index is -0.789. The highest BCUT2D eigenvalue weighted by Crippen LogP contribution is 2.30. The van der Waals surface area contributed by atoms with E-state index >= 15 is 0 Å². The molecule has 0 aliphatic carbocycles. The molecule has 5 heteroatoms. The smallest absolute Gasteiger partial charge is 0.122 e. The Bertz CT molecular complexity index is 596. The van der Waals surface area contributed by atoms with Crippen LogP contribution in [0.2, 0.25) is 5.02 Å². The predicted octanol–water partition coefficient (Wildman–Crippen LogP) is 2.88. The van der Waals surface area contributed by atoms with Gasteiger partial charge in [0, 0.05) is 7.11 Å². The first-order chi connectivity index (χ1) is 9.54. The lowest BCUT2D eigenvalue weighted by atomic mass is 9.99. The van der Waals surface area contributed by atoms with Crippen LogP contribution in [0.1, 0.15) is 28.5 Å². The third-order valence-corrected chi connectivity index (χ3v) is 3.61. The van der Waals surface area contributed by atoms with Crippen LogP contribution in [0.15, 0.2) is 24.4 Å². The van der Waals surface area contributed by atoms with Crippen LogP contribution in [0.25, 0.3) is 0 Å². The fourth-order valence-electron chi connectivity index (χ4n) is 2.28. The van der Waals surface area contributed by atoms with Crippen LogP contribution in [-0.4, -0.2) is 28.6 Å². The maximum absolute atomic E-state index is 10.6. The van der Waals surface area contributed by atoms with Crippen LogP contribution in [-0.2, 0) is 11.3 Å². The number of methoxy groups -OCH3 is 1. The van der Waals surface area contributed by atoms with Crippen molar-refractivity contribution in [1.29, 1.82) is 0 Å². The molecule has 0 bridgehead atoms. The summed E-state index contributed by atoms with van der Waals surface area (Å²) in [5, 5.41) is 15.3. The Morgan fingerprint density at radius 1 is 1.40 bits per heavy atom. The molecule has 108 valence electrons. The van der Waals surface area contributed by atoms with Gasteiger partial charge in [0.15, 0.2) is 0 Å². The van der Waals surface area contributed by atoms with Crippen molar-refractivity contribution < 1.29 is 9.84 Å². The molecule has 0 saturated heterocycles. The highest BCUT2D eigenvalue weighted by molar-refractivity contribution is 6.31. The zero-order valence-electron chi connectivity index (χ0n) is 11.9. The maximum Gasteiger partial charge on any atom is 0.122 e. The molecule has 1 unspecified atom stereocenters.